The van der Waals surface area contributed by atoms with Crippen LogP contribution in [0.5, 0.6) is 0 Å². The van der Waals surface area contributed by atoms with E-state index in [1.54, 1.807) is 0 Å². The molecule has 0 saturated heterocycles. The molecule has 0 aromatic carbocycles. The second kappa shape index (κ2) is 6.72. The molecule has 1 fully saturated rings. The van der Waals surface area contributed by atoms with Gasteiger partial charge in [0.15, 0.2) is 5.82 Å². The van der Waals surface area contributed by atoms with E-state index in [-0.39, 0.29) is 23.9 Å². The summed E-state index contributed by atoms with van der Waals surface area (Å²) in [6.45, 7) is 4.73. The van der Waals surface area contributed by atoms with Gasteiger partial charge in [-0.15, -0.1) is 0 Å². The van der Waals surface area contributed by atoms with Gasteiger partial charge in [0.05, 0.1) is 11.8 Å². The smallest absolute Gasteiger partial charge is 0.229 e. The fourth-order valence-corrected chi connectivity index (χ4v) is 2.69. The summed E-state index contributed by atoms with van der Waals surface area (Å²) in [4.78, 5) is 15.0. The molecule has 8 nitrogen and oxygen atoms in total. The number of aromatic nitrogens is 4. The predicted molar refractivity (Wildman–Crippen MR) is 89.8 cm³/mol. The highest BCUT2D eigenvalue weighted by atomic mass is 16.5. The van der Waals surface area contributed by atoms with Crippen LogP contribution in [0.4, 0.5) is 11.8 Å². The van der Waals surface area contributed by atoms with E-state index in [2.05, 4.69) is 20.1 Å². The van der Waals surface area contributed by atoms with Crippen LogP contribution < -0.4 is 10.6 Å². The van der Waals surface area contributed by atoms with Crippen LogP contribution >= 0.6 is 0 Å². The molecule has 130 valence electrons. The molecule has 3 N–H and O–H groups in total. The molecule has 1 aliphatic carbocycles. The number of rotatable bonds is 6. The van der Waals surface area contributed by atoms with E-state index in [1.165, 1.54) is 0 Å². The maximum Gasteiger partial charge on any atom is 0.229 e. The van der Waals surface area contributed by atoms with Crippen molar-refractivity contribution in [2.75, 3.05) is 24.2 Å². The first-order chi connectivity index (χ1) is 11.4. The van der Waals surface area contributed by atoms with Gasteiger partial charge < -0.3 is 20.3 Å². The quantitative estimate of drug-likeness (QED) is 0.817. The summed E-state index contributed by atoms with van der Waals surface area (Å²) in [5.41, 5.74) is 6.74. The van der Waals surface area contributed by atoms with Crippen LogP contribution in [0.1, 0.15) is 55.9 Å². The molecule has 1 saturated carbocycles. The first-order valence-electron chi connectivity index (χ1n) is 8.28. The van der Waals surface area contributed by atoms with Gasteiger partial charge in [0.1, 0.15) is 5.82 Å². The third-order valence-electron chi connectivity index (χ3n) is 4.32. The largest absolute Gasteiger partial charge is 0.393 e. The molecule has 0 spiro atoms. The summed E-state index contributed by atoms with van der Waals surface area (Å²) < 4.78 is 5.22. The molecule has 24 heavy (non-hydrogen) atoms. The normalized spacial score (nSPS) is 20.2. The third kappa shape index (κ3) is 3.64. The Kier molecular flexibility index (Phi) is 4.66. The summed E-state index contributed by atoms with van der Waals surface area (Å²) in [6.07, 6.45) is 1.91. The number of hydrogen-bond donors (Lipinski definition) is 2. The molecule has 0 unspecified atom stereocenters. The van der Waals surface area contributed by atoms with Gasteiger partial charge in [-0.2, -0.15) is 9.97 Å². The Hall–Kier alpha value is -2.22. The summed E-state index contributed by atoms with van der Waals surface area (Å²) in [5.74, 6) is 2.87. The lowest BCUT2D eigenvalue weighted by molar-refractivity contribution is 0.0732. The third-order valence-corrected chi connectivity index (χ3v) is 4.32. The minimum Gasteiger partial charge on any atom is -0.393 e. The number of nitrogens with two attached hydrogens (primary N) is 1. The van der Waals surface area contributed by atoms with E-state index in [4.69, 9.17) is 10.3 Å². The average molecular weight is 332 g/mol. The van der Waals surface area contributed by atoms with Crippen molar-refractivity contribution in [3.05, 3.63) is 23.5 Å². The monoisotopic (exact) mass is 332 g/mol. The van der Waals surface area contributed by atoms with E-state index < -0.39 is 0 Å². The minimum atomic E-state index is -0.222. The summed E-state index contributed by atoms with van der Waals surface area (Å²) in [6, 6.07) is 1.95. The highest BCUT2D eigenvalue weighted by Gasteiger charge is 2.30. The van der Waals surface area contributed by atoms with Gasteiger partial charge >= 0.3 is 0 Å². The maximum atomic E-state index is 9.47. The van der Waals surface area contributed by atoms with Gasteiger partial charge in [-0.1, -0.05) is 19.0 Å². The van der Waals surface area contributed by atoms with E-state index in [1.807, 2.05) is 31.9 Å². The molecule has 3 rings (SSSR count). The highest BCUT2D eigenvalue weighted by molar-refractivity contribution is 5.44. The molecule has 0 bridgehead atoms. The van der Waals surface area contributed by atoms with Crippen molar-refractivity contribution in [3.63, 3.8) is 0 Å². The van der Waals surface area contributed by atoms with Crippen molar-refractivity contribution in [3.8, 4) is 0 Å². The van der Waals surface area contributed by atoms with Crippen LogP contribution in [0.15, 0.2) is 10.6 Å². The number of nitrogens with zero attached hydrogens (tertiary/aromatic N) is 5. The Bertz CT molecular complexity index is 696. The van der Waals surface area contributed by atoms with Crippen LogP contribution in [-0.2, 0) is 6.42 Å². The second-order valence-corrected chi connectivity index (χ2v) is 6.71. The molecule has 0 atom stereocenters. The van der Waals surface area contributed by atoms with Crippen LogP contribution in [0.25, 0.3) is 0 Å². The SMILES string of the molecule is CC(C)c1nc(CCN(C)c2cc(C3CC(O)C3)nc(N)n2)no1. The molecular weight excluding hydrogens is 308 g/mol. The molecule has 0 aliphatic heterocycles. The number of aliphatic hydroxyl groups excluding tert-OH is 1. The molecular formula is C16H24N6O2. The van der Waals surface area contributed by atoms with Crippen LogP contribution in [-0.4, -0.2) is 44.9 Å². The predicted octanol–water partition coefficient (Wildman–Crippen LogP) is 1.48. The second-order valence-electron chi connectivity index (χ2n) is 6.71. The van der Waals surface area contributed by atoms with Gasteiger partial charge in [0, 0.05) is 37.9 Å². The Balaban J connectivity index is 1.64. The number of hydrogen-bond acceptors (Lipinski definition) is 8. The lowest BCUT2D eigenvalue weighted by Gasteiger charge is -2.31. The number of anilines is 2. The van der Waals surface area contributed by atoms with Crippen LogP contribution in [0, 0.1) is 0 Å². The van der Waals surface area contributed by atoms with E-state index in [9.17, 15) is 5.11 Å². The van der Waals surface area contributed by atoms with Gasteiger partial charge in [-0.25, -0.2) is 4.98 Å². The molecule has 0 amide bonds. The Morgan fingerprint density at radius 2 is 2.08 bits per heavy atom. The topological polar surface area (TPSA) is 114 Å². The summed E-state index contributed by atoms with van der Waals surface area (Å²) in [5, 5.41) is 13.5. The minimum absolute atomic E-state index is 0.222. The first-order valence-corrected chi connectivity index (χ1v) is 8.28. The standard InChI is InChI=1S/C16H24N6O2/c1-9(2)15-19-13(21-24-15)4-5-22(3)14-8-12(18-16(17)20-14)10-6-11(23)7-10/h8-11,23H,4-7H2,1-3H3,(H2,17,18,20). The molecule has 0 radical (unpaired) electrons. The van der Waals surface area contributed by atoms with E-state index in [0.717, 1.165) is 24.4 Å². The molecule has 2 heterocycles. The van der Waals surface area contributed by atoms with Crippen molar-refractivity contribution < 1.29 is 9.63 Å². The summed E-state index contributed by atoms with van der Waals surface area (Å²) in [7, 11) is 1.95. The van der Waals surface area contributed by atoms with Crippen molar-refractivity contribution in [1.82, 2.24) is 20.1 Å². The first kappa shape index (κ1) is 16.6. The number of nitrogen functional groups attached to an aromatic ring is 1. The van der Waals surface area contributed by atoms with Crippen LogP contribution in [0.3, 0.4) is 0 Å². The lowest BCUT2D eigenvalue weighted by atomic mass is 9.80. The fourth-order valence-electron chi connectivity index (χ4n) is 2.69. The zero-order valence-electron chi connectivity index (χ0n) is 14.3. The van der Waals surface area contributed by atoms with Crippen molar-refractivity contribution in [2.24, 2.45) is 0 Å². The molecule has 8 heteroatoms. The highest BCUT2D eigenvalue weighted by Crippen LogP contribution is 2.36. The average Bonchev–Trinajstić information content (AvgIpc) is 2.98. The molecule has 2 aromatic rings. The van der Waals surface area contributed by atoms with Gasteiger partial charge in [-0.3, -0.25) is 0 Å². The Morgan fingerprint density at radius 1 is 1.33 bits per heavy atom. The fraction of sp³-hybridized carbons (Fsp3) is 0.625. The lowest BCUT2D eigenvalue weighted by Crippen LogP contribution is -2.28. The Labute approximate surface area is 141 Å². The van der Waals surface area contributed by atoms with Crippen molar-refractivity contribution >= 4 is 11.8 Å². The van der Waals surface area contributed by atoms with Crippen molar-refractivity contribution in [1.29, 1.82) is 0 Å². The zero-order valence-corrected chi connectivity index (χ0v) is 14.3. The van der Waals surface area contributed by atoms with Gasteiger partial charge in [0.2, 0.25) is 11.8 Å². The zero-order chi connectivity index (χ0) is 17.3. The maximum absolute atomic E-state index is 9.47. The van der Waals surface area contributed by atoms with E-state index in [0.29, 0.717) is 24.7 Å². The van der Waals surface area contributed by atoms with Gasteiger partial charge in [-0.05, 0) is 12.8 Å². The Morgan fingerprint density at radius 3 is 2.71 bits per heavy atom. The van der Waals surface area contributed by atoms with Crippen molar-refractivity contribution in [2.45, 2.75) is 51.0 Å². The number of likely N-dealkylation sites (N-methyl/N-ethyl adjacent to an activating group) is 1. The molecule has 1 aliphatic rings. The van der Waals surface area contributed by atoms with Gasteiger partial charge in [0.25, 0.3) is 0 Å². The van der Waals surface area contributed by atoms with Crippen LogP contribution in [0.2, 0.25) is 0 Å². The summed E-state index contributed by atoms with van der Waals surface area (Å²) >= 11 is 0. The number of aliphatic hydroxyl groups is 1. The molecule has 2 aromatic heterocycles. The van der Waals surface area contributed by atoms with E-state index >= 15 is 0 Å².